The van der Waals surface area contributed by atoms with Crippen LogP contribution in [0.25, 0.3) is 0 Å². The van der Waals surface area contributed by atoms with Crippen molar-refractivity contribution in [1.82, 2.24) is 20.4 Å². The fourth-order valence-electron chi connectivity index (χ4n) is 2.51. The first-order valence-electron chi connectivity index (χ1n) is 7.82. The molecule has 0 bridgehead atoms. The minimum Gasteiger partial charge on any atom is -0.442 e. The predicted molar refractivity (Wildman–Crippen MR) is 87.6 cm³/mol. The average Bonchev–Trinajstić information content (AvgIpc) is 2.94. The number of piperazine rings is 1. The van der Waals surface area contributed by atoms with Gasteiger partial charge < -0.3 is 20.3 Å². The standard InChI is InChI=1S/C16H23FN4O3/c1-11(8-15(17)12(2)20-6-4-18-5-7-20)21-10-14(24-16(21)23)9-19-13(3)22/h8,14,18H,1-2,4-7,9-10H2,3H3,(H,19,22)/b15-8+. The van der Waals surface area contributed by atoms with Gasteiger partial charge in [-0.1, -0.05) is 13.2 Å². The molecule has 2 aliphatic heterocycles. The molecule has 0 radical (unpaired) electrons. The van der Waals surface area contributed by atoms with Gasteiger partial charge in [-0.15, -0.1) is 0 Å². The second-order valence-corrected chi connectivity index (χ2v) is 5.72. The van der Waals surface area contributed by atoms with Gasteiger partial charge in [0.2, 0.25) is 5.91 Å². The Morgan fingerprint density at radius 1 is 1.46 bits per heavy atom. The lowest BCUT2D eigenvalue weighted by Gasteiger charge is -2.30. The first-order valence-corrected chi connectivity index (χ1v) is 7.82. The van der Waals surface area contributed by atoms with Crippen LogP contribution in [0.4, 0.5) is 9.18 Å². The van der Waals surface area contributed by atoms with Crippen molar-refractivity contribution in [2.75, 3.05) is 39.3 Å². The Kier molecular flexibility index (Phi) is 5.97. The van der Waals surface area contributed by atoms with E-state index in [-0.39, 0.29) is 30.4 Å². The molecule has 1 unspecified atom stereocenters. The maximum absolute atomic E-state index is 14.4. The molecule has 7 nitrogen and oxygen atoms in total. The van der Waals surface area contributed by atoms with Crippen LogP contribution in [0.5, 0.6) is 0 Å². The maximum Gasteiger partial charge on any atom is 0.414 e. The Labute approximate surface area is 140 Å². The maximum atomic E-state index is 14.4. The zero-order chi connectivity index (χ0) is 17.7. The third-order valence-electron chi connectivity index (χ3n) is 3.87. The van der Waals surface area contributed by atoms with Gasteiger partial charge in [0.15, 0.2) is 0 Å². The van der Waals surface area contributed by atoms with Gasteiger partial charge in [0, 0.05) is 38.8 Å². The van der Waals surface area contributed by atoms with E-state index in [1.165, 1.54) is 17.9 Å². The number of rotatable bonds is 6. The quantitative estimate of drug-likeness (QED) is 0.699. The molecule has 0 spiro atoms. The van der Waals surface area contributed by atoms with E-state index in [1.807, 2.05) is 4.90 Å². The second kappa shape index (κ2) is 7.96. The highest BCUT2D eigenvalue weighted by Gasteiger charge is 2.32. The highest BCUT2D eigenvalue weighted by atomic mass is 19.1. The van der Waals surface area contributed by atoms with Gasteiger partial charge in [-0.2, -0.15) is 0 Å². The van der Waals surface area contributed by atoms with Crippen molar-refractivity contribution in [3.05, 3.63) is 36.5 Å². The zero-order valence-electron chi connectivity index (χ0n) is 13.8. The molecule has 2 N–H and O–H groups in total. The lowest BCUT2D eigenvalue weighted by Crippen LogP contribution is -2.42. The molecule has 8 heteroatoms. The minimum absolute atomic E-state index is 0.194. The van der Waals surface area contributed by atoms with Gasteiger partial charge in [0.25, 0.3) is 0 Å². The summed E-state index contributed by atoms with van der Waals surface area (Å²) < 4.78 is 19.5. The Balaban J connectivity index is 1.93. The number of carbonyl (C=O) groups excluding carboxylic acids is 2. The van der Waals surface area contributed by atoms with Crippen LogP contribution >= 0.6 is 0 Å². The van der Waals surface area contributed by atoms with E-state index < -0.39 is 18.0 Å². The van der Waals surface area contributed by atoms with E-state index in [4.69, 9.17) is 4.74 Å². The first kappa shape index (κ1) is 18.0. The molecule has 24 heavy (non-hydrogen) atoms. The normalized spacial score (nSPS) is 21.5. The van der Waals surface area contributed by atoms with E-state index in [1.54, 1.807) is 0 Å². The number of nitrogens with one attached hydrogen (secondary N) is 2. The van der Waals surface area contributed by atoms with Crippen LogP contribution in [0.2, 0.25) is 0 Å². The lowest BCUT2D eigenvalue weighted by molar-refractivity contribution is -0.119. The van der Waals surface area contributed by atoms with Gasteiger partial charge in [0.05, 0.1) is 18.8 Å². The molecule has 2 aliphatic rings. The Morgan fingerprint density at radius 2 is 2.12 bits per heavy atom. The first-order chi connectivity index (χ1) is 11.4. The molecular weight excluding hydrogens is 315 g/mol. The third kappa shape index (κ3) is 4.58. The summed E-state index contributed by atoms with van der Waals surface area (Å²) in [6, 6.07) is 0. The van der Waals surface area contributed by atoms with E-state index >= 15 is 0 Å². The number of amides is 2. The molecule has 0 aromatic rings. The fraction of sp³-hybridized carbons (Fsp3) is 0.500. The smallest absolute Gasteiger partial charge is 0.414 e. The van der Waals surface area contributed by atoms with Crippen LogP contribution in [0.1, 0.15) is 6.92 Å². The van der Waals surface area contributed by atoms with Crippen LogP contribution in [0.3, 0.4) is 0 Å². The average molecular weight is 338 g/mol. The molecule has 2 heterocycles. The molecule has 2 saturated heterocycles. The molecule has 0 aromatic heterocycles. The number of carbonyl (C=O) groups is 2. The van der Waals surface area contributed by atoms with Crippen molar-refractivity contribution in [3.8, 4) is 0 Å². The van der Waals surface area contributed by atoms with Crippen molar-refractivity contribution >= 4 is 12.0 Å². The highest BCUT2D eigenvalue weighted by Crippen LogP contribution is 2.21. The monoisotopic (exact) mass is 338 g/mol. The van der Waals surface area contributed by atoms with Gasteiger partial charge in [0.1, 0.15) is 11.9 Å². The molecule has 1 atom stereocenters. The van der Waals surface area contributed by atoms with Crippen molar-refractivity contribution in [3.63, 3.8) is 0 Å². The molecule has 0 aromatic carbocycles. The molecule has 2 amide bonds. The van der Waals surface area contributed by atoms with E-state index in [0.29, 0.717) is 13.1 Å². The fourth-order valence-corrected chi connectivity index (χ4v) is 2.51. The number of halogens is 1. The topological polar surface area (TPSA) is 73.9 Å². The summed E-state index contributed by atoms with van der Waals surface area (Å²) in [5, 5.41) is 5.76. The van der Waals surface area contributed by atoms with Gasteiger partial charge in [-0.3, -0.25) is 9.69 Å². The number of allylic oxidation sites excluding steroid dienone is 2. The largest absolute Gasteiger partial charge is 0.442 e. The minimum atomic E-state index is -0.604. The molecule has 2 fully saturated rings. The molecule has 0 aliphatic carbocycles. The van der Waals surface area contributed by atoms with Gasteiger partial charge in [-0.25, -0.2) is 9.18 Å². The highest BCUT2D eigenvalue weighted by molar-refractivity contribution is 5.74. The van der Waals surface area contributed by atoms with Crippen LogP contribution in [0, 0.1) is 0 Å². The number of cyclic esters (lactones) is 1. The van der Waals surface area contributed by atoms with E-state index in [9.17, 15) is 14.0 Å². The van der Waals surface area contributed by atoms with Crippen molar-refractivity contribution < 1.29 is 18.7 Å². The Bertz CT molecular complexity index is 570. The van der Waals surface area contributed by atoms with Crippen LogP contribution in [-0.4, -0.2) is 67.2 Å². The molecular formula is C16H23FN4O3. The van der Waals surface area contributed by atoms with Crippen LogP contribution < -0.4 is 10.6 Å². The molecule has 2 rings (SSSR count). The Hall–Kier alpha value is -2.35. The molecule has 0 saturated carbocycles. The van der Waals surface area contributed by atoms with Crippen molar-refractivity contribution in [2.24, 2.45) is 0 Å². The van der Waals surface area contributed by atoms with Crippen LogP contribution in [0.15, 0.2) is 36.5 Å². The Morgan fingerprint density at radius 3 is 2.75 bits per heavy atom. The second-order valence-electron chi connectivity index (χ2n) is 5.72. The summed E-state index contributed by atoms with van der Waals surface area (Å²) in [5.41, 5.74) is 0.471. The predicted octanol–water partition coefficient (Wildman–Crippen LogP) is 0.729. The number of ether oxygens (including phenoxy) is 1. The van der Waals surface area contributed by atoms with E-state index in [2.05, 4.69) is 23.8 Å². The molecule has 132 valence electrons. The summed E-state index contributed by atoms with van der Waals surface area (Å²) in [7, 11) is 0. The summed E-state index contributed by atoms with van der Waals surface area (Å²) in [4.78, 5) is 25.9. The van der Waals surface area contributed by atoms with E-state index in [0.717, 1.165) is 13.1 Å². The third-order valence-corrected chi connectivity index (χ3v) is 3.87. The summed E-state index contributed by atoms with van der Waals surface area (Å²) in [5.74, 6) is -0.735. The van der Waals surface area contributed by atoms with Gasteiger partial charge >= 0.3 is 6.09 Å². The van der Waals surface area contributed by atoms with Crippen molar-refractivity contribution in [2.45, 2.75) is 13.0 Å². The zero-order valence-corrected chi connectivity index (χ0v) is 13.8. The number of hydrogen-bond donors (Lipinski definition) is 2. The summed E-state index contributed by atoms with van der Waals surface area (Å²) in [6.45, 7) is 12.2. The van der Waals surface area contributed by atoms with Gasteiger partial charge in [-0.05, 0) is 6.08 Å². The van der Waals surface area contributed by atoms with Crippen molar-refractivity contribution in [1.29, 1.82) is 0 Å². The SMILES string of the molecule is C=C(/C(F)=C\C(=C)N1CC(CNC(C)=O)OC1=O)N1CCNCC1. The number of nitrogens with zero attached hydrogens (tertiary/aromatic N) is 2. The van der Waals surface area contributed by atoms with Crippen LogP contribution in [-0.2, 0) is 9.53 Å². The summed E-state index contributed by atoms with van der Waals surface area (Å²) >= 11 is 0. The lowest BCUT2D eigenvalue weighted by atomic mass is 10.2. The number of hydrogen-bond acceptors (Lipinski definition) is 5. The summed E-state index contributed by atoms with van der Waals surface area (Å²) in [6.07, 6.45) is 0.102.